The minimum Gasteiger partial charge on any atom is -0.350 e. The largest absolute Gasteiger partial charge is 0.350 e. The van der Waals surface area contributed by atoms with E-state index in [2.05, 4.69) is 15.4 Å². The fourth-order valence-electron chi connectivity index (χ4n) is 2.51. The normalized spacial score (nSPS) is 12.0. The molecule has 1 amide bonds. The topological polar surface area (TPSA) is 87.3 Å². The van der Waals surface area contributed by atoms with E-state index in [-0.39, 0.29) is 34.9 Å². The lowest BCUT2D eigenvalue weighted by atomic mass is 10.1. The second kappa shape index (κ2) is 10.4. The Kier molecular flexibility index (Phi) is 8.87. The Hall–Kier alpha value is -2.16. The number of amides is 1. The second-order valence-corrected chi connectivity index (χ2v) is 7.94. The van der Waals surface area contributed by atoms with Crippen LogP contribution in [0.2, 0.25) is 0 Å². The van der Waals surface area contributed by atoms with Crippen molar-refractivity contribution in [2.75, 3.05) is 17.8 Å². The SMILES string of the molecule is CCN[C@H](C)CNC(=O)c1cc(S(=O)(=O)Nc2ccc(F)cc2)ccc1C.Cl. The van der Waals surface area contributed by atoms with Crippen LogP contribution in [0.4, 0.5) is 10.1 Å². The number of benzene rings is 2. The van der Waals surface area contributed by atoms with Gasteiger partial charge in [0.2, 0.25) is 0 Å². The van der Waals surface area contributed by atoms with E-state index in [0.717, 1.165) is 18.7 Å². The number of rotatable bonds is 8. The molecule has 154 valence electrons. The van der Waals surface area contributed by atoms with Crippen LogP contribution in [0.15, 0.2) is 47.4 Å². The van der Waals surface area contributed by atoms with Crippen molar-refractivity contribution in [3.05, 3.63) is 59.4 Å². The zero-order valence-corrected chi connectivity index (χ0v) is 17.6. The fraction of sp³-hybridized carbons (Fsp3) is 0.316. The molecule has 0 radical (unpaired) electrons. The summed E-state index contributed by atoms with van der Waals surface area (Å²) in [7, 11) is -3.90. The molecule has 0 unspecified atom stereocenters. The molecule has 9 heteroatoms. The first kappa shape index (κ1) is 23.9. The highest BCUT2D eigenvalue weighted by molar-refractivity contribution is 7.92. The highest BCUT2D eigenvalue weighted by Gasteiger charge is 2.18. The maximum atomic E-state index is 13.0. The first-order valence-corrected chi connectivity index (χ1v) is 10.1. The third kappa shape index (κ3) is 6.47. The van der Waals surface area contributed by atoms with Crippen molar-refractivity contribution < 1.29 is 17.6 Å². The Balaban J connectivity index is 0.00000392. The predicted octanol–water partition coefficient (Wildman–Crippen LogP) is 3.08. The zero-order valence-electron chi connectivity index (χ0n) is 16.0. The van der Waals surface area contributed by atoms with Crippen molar-refractivity contribution in [3.63, 3.8) is 0 Å². The molecular weight excluding hydrogens is 405 g/mol. The number of hydrogen-bond acceptors (Lipinski definition) is 4. The number of aryl methyl sites for hydroxylation is 1. The Morgan fingerprint density at radius 3 is 2.39 bits per heavy atom. The van der Waals surface area contributed by atoms with Crippen LogP contribution in [-0.4, -0.2) is 33.5 Å². The molecule has 0 saturated carbocycles. The predicted molar refractivity (Wildman–Crippen MR) is 111 cm³/mol. The lowest BCUT2D eigenvalue weighted by Crippen LogP contribution is -2.39. The second-order valence-electron chi connectivity index (χ2n) is 6.26. The van der Waals surface area contributed by atoms with Gasteiger partial charge in [-0.1, -0.05) is 13.0 Å². The summed E-state index contributed by atoms with van der Waals surface area (Å²) in [6.45, 7) is 6.89. The average Bonchev–Trinajstić information content (AvgIpc) is 2.62. The third-order valence-electron chi connectivity index (χ3n) is 3.98. The number of nitrogens with one attached hydrogen (secondary N) is 3. The molecule has 1 atom stereocenters. The molecule has 0 heterocycles. The van der Waals surface area contributed by atoms with E-state index in [9.17, 15) is 17.6 Å². The van der Waals surface area contributed by atoms with E-state index >= 15 is 0 Å². The van der Waals surface area contributed by atoms with Gasteiger partial charge in [0.15, 0.2) is 0 Å². The minimum atomic E-state index is -3.90. The van der Waals surface area contributed by atoms with Crippen molar-refractivity contribution in [2.45, 2.75) is 31.7 Å². The Morgan fingerprint density at radius 2 is 1.79 bits per heavy atom. The molecule has 2 rings (SSSR count). The minimum absolute atomic E-state index is 0. The quantitative estimate of drug-likeness (QED) is 0.601. The van der Waals surface area contributed by atoms with Gasteiger partial charge in [-0.3, -0.25) is 9.52 Å². The molecule has 0 aliphatic rings. The molecule has 0 bridgehead atoms. The maximum Gasteiger partial charge on any atom is 0.261 e. The molecular formula is C19H25ClFN3O3S. The summed E-state index contributed by atoms with van der Waals surface area (Å²) in [5.74, 6) is -0.796. The van der Waals surface area contributed by atoms with Crippen molar-refractivity contribution >= 4 is 34.0 Å². The van der Waals surface area contributed by atoms with E-state index in [1.54, 1.807) is 13.0 Å². The van der Waals surface area contributed by atoms with Gasteiger partial charge in [0.25, 0.3) is 15.9 Å². The first-order chi connectivity index (χ1) is 12.7. The van der Waals surface area contributed by atoms with Crippen LogP contribution in [0.1, 0.15) is 29.8 Å². The third-order valence-corrected chi connectivity index (χ3v) is 5.36. The van der Waals surface area contributed by atoms with E-state index in [1.807, 2.05) is 13.8 Å². The van der Waals surface area contributed by atoms with Gasteiger partial charge in [-0.15, -0.1) is 12.4 Å². The van der Waals surface area contributed by atoms with Crippen molar-refractivity contribution in [1.82, 2.24) is 10.6 Å². The van der Waals surface area contributed by atoms with Gasteiger partial charge in [0.1, 0.15) is 5.82 Å². The van der Waals surface area contributed by atoms with Crippen LogP contribution in [0.5, 0.6) is 0 Å². The van der Waals surface area contributed by atoms with Crippen LogP contribution < -0.4 is 15.4 Å². The van der Waals surface area contributed by atoms with Gasteiger partial charge in [0, 0.05) is 23.8 Å². The average molecular weight is 430 g/mol. The molecule has 28 heavy (non-hydrogen) atoms. The lowest BCUT2D eigenvalue weighted by molar-refractivity contribution is 0.0949. The van der Waals surface area contributed by atoms with E-state index in [4.69, 9.17) is 0 Å². The summed E-state index contributed by atoms with van der Waals surface area (Å²) in [4.78, 5) is 12.4. The number of carbonyl (C=O) groups excluding carboxylic acids is 1. The summed E-state index contributed by atoms with van der Waals surface area (Å²) in [5.41, 5.74) is 1.20. The molecule has 0 fully saturated rings. The summed E-state index contributed by atoms with van der Waals surface area (Å²) >= 11 is 0. The smallest absolute Gasteiger partial charge is 0.261 e. The van der Waals surface area contributed by atoms with Crippen LogP contribution >= 0.6 is 12.4 Å². The van der Waals surface area contributed by atoms with Crippen molar-refractivity contribution in [1.29, 1.82) is 0 Å². The van der Waals surface area contributed by atoms with Crippen LogP contribution in [-0.2, 0) is 10.0 Å². The number of hydrogen-bond donors (Lipinski definition) is 3. The van der Waals surface area contributed by atoms with Gasteiger partial charge in [-0.05, 0) is 62.4 Å². The lowest BCUT2D eigenvalue weighted by Gasteiger charge is -2.15. The van der Waals surface area contributed by atoms with Gasteiger partial charge in [-0.2, -0.15) is 0 Å². The van der Waals surface area contributed by atoms with Gasteiger partial charge in [0.05, 0.1) is 4.90 Å². The monoisotopic (exact) mass is 429 g/mol. The number of anilines is 1. The maximum absolute atomic E-state index is 13.0. The first-order valence-electron chi connectivity index (χ1n) is 8.63. The Labute approximate surface area is 171 Å². The van der Waals surface area contributed by atoms with E-state index in [0.29, 0.717) is 17.7 Å². The molecule has 0 spiro atoms. The Morgan fingerprint density at radius 1 is 1.14 bits per heavy atom. The van der Waals surface area contributed by atoms with Crippen LogP contribution in [0, 0.1) is 12.7 Å². The standard InChI is InChI=1S/C19H24FN3O3S.ClH/c1-4-21-14(3)12-22-19(24)18-11-17(10-5-13(18)2)27(25,26)23-16-8-6-15(20)7-9-16;/h5-11,14,21,23H,4,12H2,1-3H3,(H,22,24);1H/t14-;/m1./s1. The highest BCUT2D eigenvalue weighted by Crippen LogP contribution is 2.19. The van der Waals surface area contributed by atoms with Gasteiger partial charge in [-0.25, -0.2) is 12.8 Å². The summed E-state index contributed by atoms with van der Waals surface area (Å²) in [6, 6.07) is 9.45. The van der Waals surface area contributed by atoms with Gasteiger partial charge >= 0.3 is 0 Å². The fourth-order valence-corrected chi connectivity index (χ4v) is 3.59. The number of likely N-dealkylation sites (N-methyl/N-ethyl adjacent to an activating group) is 1. The van der Waals surface area contributed by atoms with Crippen LogP contribution in [0.25, 0.3) is 0 Å². The molecule has 2 aromatic rings. The molecule has 6 nitrogen and oxygen atoms in total. The van der Waals surface area contributed by atoms with Crippen LogP contribution in [0.3, 0.4) is 0 Å². The molecule has 0 saturated heterocycles. The van der Waals surface area contributed by atoms with E-state index in [1.165, 1.54) is 24.3 Å². The molecule has 0 aromatic heterocycles. The molecule has 0 aliphatic carbocycles. The zero-order chi connectivity index (χ0) is 20.0. The summed E-state index contributed by atoms with van der Waals surface area (Å²) < 4.78 is 40.5. The summed E-state index contributed by atoms with van der Waals surface area (Å²) in [6.07, 6.45) is 0. The number of sulfonamides is 1. The molecule has 0 aliphatic heterocycles. The van der Waals surface area contributed by atoms with E-state index < -0.39 is 15.8 Å². The summed E-state index contributed by atoms with van der Waals surface area (Å²) in [5, 5.41) is 5.99. The Bertz CT molecular complexity index is 905. The molecule has 2 aromatic carbocycles. The number of carbonyl (C=O) groups is 1. The van der Waals surface area contributed by atoms with Crippen molar-refractivity contribution in [3.8, 4) is 0 Å². The highest BCUT2D eigenvalue weighted by atomic mass is 35.5. The number of halogens is 2. The molecule has 3 N–H and O–H groups in total. The van der Waals surface area contributed by atoms with Crippen molar-refractivity contribution in [2.24, 2.45) is 0 Å². The van der Waals surface area contributed by atoms with Gasteiger partial charge < -0.3 is 10.6 Å².